The van der Waals surface area contributed by atoms with E-state index in [4.69, 9.17) is 24.3 Å². The molecule has 0 saturated carbocycles. The van der Waals surface area contributed by atoms with E-state index >= 15 is 0 Å². The fraction of sp³-hybridized carbons (Fsp3) is 0.304. The molecule has 1 atom stereocenters. The van der Waals surface area contributed by atoms with E-state index in [0.717, 1.165) is 29.9 Å². The van der Waals surface area contributed by atoms with Gasteiger partial charge in [-0.2, -0.15) is 0 Å². The van der Waals surface area contributed by atoms with E-state index in [2.05, 4.69) is 6.92 Å². The molecule has 3 aromatic rings. The van der Waals surface area contributed by atoms with Crippen molar-refractivity contribution in [2.24, 2.45) is 0 Å². The van der Waals surface area contributed by atoms with Crippen LogP contribution in [0.1, 0.15) is 24.1 Å². The molecule has 2 aromatic heterocycles. The van der Waals surface area contributed by atoms with Crippen LogP contribution in [-0.4, -0.2) is 47.6 Å². The van der Waals surface area contributed by atoms with E-state index < -0.39 is 0 Å². The molecule has 4 rings (SSSR count). The molecule has 2 N–H and O–H groups in total. The van der Waals surface area contributed by atoms with Gasteiger partial charge >= 0.3 is 0 Å². The molecule has 0 fully saturated rings. The molecule has 31 heavy (non-hydrogen) atoms. The number of amidine groups is 1. The average Bonchev–Trinajstić information content (AvgIpc) is 3.52. The van der Waals surface area contributed by atoms with Crippen molar-refractivity contribution in [1.82, 2.24) is 9.88 Å². The zero-order valence-corrected chi connectivity index (χ0v) is 18.5. The number of rotatable bonds is 8. The Morgan fingerprint density at radius 3 is 2.77 bits per heavy atom. The minimum Gasteiger partial charge on any atom is -0.510 e. The second-order valence-electron chi connectivity index (χ2n) is 7.37. The van der Waals surface area contributed by atoms with Crippen molar-refractivity contribution in [2.45, 2.75) is 25.8 Å². The topological polar surface area (TPSA) is 91.8 Å². The monoisotopic (exact) mass is 439 g/mol. The van der Waals surface area contributed by atoms with Crippen LogP contribution in [0.25, 0.3) is 16.8 Å². The van der Waals surface area contributed by atoms with Crippen LogP contribution in [-0.2, 0) is 6.42 Å². The molecule has 162 valence electrons. The van der Waals surface area contributed by atoms with Crippen LogP contribution in [0, 0.1) is 5.41 Å². The third kappa shape index (κ3) is 4.16. The SMILES string of the molecule is COc1ccc(-c2csc(C3=C(O)CN(C(C)CCc4ccco4)C3=N)n2)cc1OC. The molecule has 1 aromatic carbocycles. The van der Waals surface area contributed by atoms with E-state index in [0.29, 0.717) is 34.5 Å². The Balaban J connectivity index is 1.50. The fourth-order valence-electron chi connectivity index (χ4n) is 3.68. The van der Waals surface area contributed by atoms with Gasteiger partial charge in [0.1, 0.15) is 22.4 Å². The second kappa shape index (κ2) is 8.85. The maximum atomic E-state index is 10.6. The fourth-order valence-corrected chi connectivity index (χ4v) is 4.57. The Bertz CT molecular complexity index is 1100. The van der Waals surface area contributed by atoms with Gasteiger partial charge in [0.15, 0.2) is 11.5 Å². The standard InChI is InChI=1S/C23H25N3O4S/c1-14(6-8-16-5-4-10-30-16)26-12-18(27)21(22(26)24)23-25-17(13-31-23)15-7-9-19(28-2)20(11-15)29-3/h4-5,7,9-11,13-14,24,27H,6,8,12H2,1-3H3. The predicted molar refractivity (Wildman–Crippen MR) is 121 cm³/mol. The van der Waals surface area contributed by atoms with Gasteiger partial charge in [-0.15, -0.1) is 11.3 Å². The third-order valence-corrected chi connectivity index (χ3v) is 6.31. The number of nitrogens with one attached hydrogen (secondary N) is 1. The first-order chi connectivity index (χ1) is 15.0. The molecule has 3 heterocycles. The van der Waals surface area contributed by atoms with Crippen LogP contribution in [0.4, 0.5) is 0 Å². The summed E-state index contributed by atoms with van der Waals surface area (Å²) in [5.41, 5.74) is 2.15. The lowest BCUT2D eigenvalue weighted by Gasteiger charge is -2.26. The van der Waals surface area contributed by atoms with E-state index in [1.807, 2.05) is 40.6 Å². The van der Waals surface area contributed by atoms with Crippen molar-refractivity contribution >= 4 is 22.7 Å². The summed E-state index contributed by atoms with van der Waals surface area (Å²) in [6, 6.07) is 9.54. The van der Waals surface area contributed by atoms with Gasteiger partial charge in [0.2, 0.25) is 0 Å². The number of nitrogens with zero attached hydrogens (tertiary/aromatic N) is 2. The lowest BCUT2D eigenvalue weighted by Crippen LogP contribution is -2.35. The number of thiazole rings is 1. The van der Waals surface area contributed by atoms with Crippen LogP contribution in [0.15, 0.2) is 52.2 Å². The third-order valence-electron chi connectivity index (χ3n) is 5.45. The second-order valence-corrected chi connectivity index (χ2v) is 8.23. The number of furan rings is 1. The number of aromatic nitrogens is 1. The van der Waals surface area contributed by atoms with Gasteiger partial charge < -0.3 is 23.9 Å². The molecule has 0 aliphatic carbocycles. The molecule has 0 spiro atoms. The van der Waals surface area contributed by atoms with Crippen molar-refractivity contribution in [3.8, 4) is 22.8 Å². The Kier molecular flexibility index (Phi) is 5.99. The number of aliphatic hydroxyl groups is 1. The Hall–Kier alpha value is -3.26. The zero-order chi connectivity index (χ0) is 22.0. The summed E-state index contributed by atoms with van der Waals surface area (Å²) in [6.07, 6.45) is 3.28. The normalized spacial score (nSPS) is 14.9. The number of methoxy groups -OCH3 is 2. The summed E-state index contributed by atoms with van der Waals surface area (Å²) in [5.74, 6) is 2.69. The van der Waals surface area contributed by atoms with Crippen LogP contribution in [0.5, 0.6) is 11.5 Å². The smallest absolute Gasteiger partial charge is 0.161 e. The van der Waals surface area contributed by atoms with Gasteiger partial charge in [-0.3, -0.25) is 5.41 Å². The lowest BCUT2D eigenvalue weighted by molar-refractivity contribution is 0.293. The highest BCUT2D eigenvalue weighted by molar-refractivity contribution is 7.11. The molecule has 1 aliphatic heterocycles. The van der Waals surface area contributed by atoms with Crippen molar-refractivity contribution in [1.29, 1.82) is 5.41 Å². The Morgan fingerprint density at radius 1 is 1.26 bits per heavy atom. The number of aliphatic hydroxyl groups excluding tert-OH is 1. The summed E-state index contributed by atoms with van der Waals surface area (Å²) >= 11 is 1.41. The number of hydrogen-bond donors (Lipinski definition) is 2. The molecule has 8 heteroatoms. The summed E-state index contributed by atoms with van der Waals surface area (Å²) < 4.78 is 16.1. The average molecular weight is 440 g/mol. The van der Waals surface area contributed by atoms with Crippen molar-refractivity contribution in [2.75, 3.05) is 20.8 Å². The maximum Gasteiger partial charge on any atom is 0.161 e. The molecule has 7 nitrogen and oxygen atoms in total. The van der Waals surface area contributed by atoms with E-state index in [-0.39, 0.29) is 11.8 Å². The molecule has 0 amide bonds. The maximum absolute atomic E-state index is 10.6. The largest absolute Gasteiger partial charge is 0.510 e. The molecule has 0 bridgehead atoms. The molecular formula is C23H25N3O4S. The predicted octanol–water partition coefficient (Wildman–Crippen LogP) is 5.00. The van der Waals surface area contributed by atoms with E-state index in [9.17, 15) is 5.11 Å². The summed E-state index contributed by atoms with van der Waals surface area (Å²) in [6.45, 7) is 2.38. The van der Waals surface area contributed by atoms with Gasteiger partial charge in [-0.05, 0) is 43.7 Å². The number of benzene rings is 1. The summed E-state index contributed by atoms with van der Waals surface area (Å²) in [5, 5.41) is 21.8. The molecule has 0 radical (unpaired) electrons. The molecule has 1 unspecified atom stereocenters. The summed E-state index contributed by atoms with van der Waals surface area (Å²) in [7, 11) is 3.19. The molecule has 0 saturated heterocycles. The van der Waals surface area contributed by atoms with E-state index in [1.165, 1.54) is 11.3 Å². The van der Waals surface area contributed by atoms with Crippen LogP contribution in [0.2, 0.25) is 0 Å². The van der Waals surface area contributed by atoms with Crippen molar-refractivity contribution < 1.29 is 19.0 Å². The minimum absolute atomic E-state index is 0.0857. The molecule has 1 aliphatic rings. The molecular weight excluding hydrogens is 414 g/mol. The van der Waals surface area contributed by atoms with Gasteiger partial charge in [0.05, 0.1) is 38.3 Å². The van der Waals surface area contributed by atoms with Crippen LogP contribution >= 0.6 is 11.3 Å². The van der Waals surface area contributed by atoms with Gasteiger partial charge in [-0.1, -0.05) is 0 Å². The summed E-state index contributed by atoms with van der Waals surface area (Å²) in [4.78, 5) is 6.60. The van der Waals surface area contributed by atoms with Crippen molar-refractivity contribution in [3.63, 3.8) is 0 Å². The first-order valence-corrected chi connectivity index (χ1v) is 10.9. The lowest BCUT2D eigenvalue weighted by atomic mass is 10.1. The first-order valence-electron chi connectivity index (χ1n) is 10.00. The Morgan fingerprint density at radius 2 is 2.06 bits per heavy atom. The number of ether oxygens (including phenoxy) is 2. The van der Waals surface area contributed by atoms with Gasteiger partial charge in [0, 0.05) is 23.4 Å². The van der Waals surface area contributed by atoms with Crippen molar-refractivity contribution in [3.05, 3.63) is 58.5 Å². The van der Waals surface area contributed by atoms with Crippen LogP contribution < -0.4 is 9.47 Å². The van der Waals surface area contributed by atoms with Crippen LogP contribution in [0.3, 0.4) is 0 Å². The highest BCUT2D eigenvalue weighted by Gasteiger charge is 2.33. The van der Waals surface area contributed by atoms with E-state index in [1.54, 1.807) is 20.5 Å². The quantitative estimate of drug-likeness (QED) is 0.513. The number of aryl methyl sites for hydroxylation is 1. The highest BCUT2D eigenvalue weighted by atomic mass is 32.1. The first kappa shape index (κ1) is 21.0. The zero-order valence-electron chi connectivity index (χ0n) is 17.7. The minimum atomic E-state index is 0.0857. The van der Waals surface area contributed by atoms with Gasteiger partial charge in [-0.25, -0.2) is 4.98 Å². The highest BCUT2D eigenvalue weighted by Crippen LogP contribution is 2.36. The Labute approximate surface area is 185 Å². The number of hydrogen-bond acceptors (Lipinski definition) is 7. The van der Waals surface area contributed by atoms with Gasteiger partial charge in [0.25, 0.3) is 0 Å².